The topological polar surface area (TPSA) is 78.9 Å². The fraction of sp³-hybridized carbons (Fsp3) is 0.732. The molecule has 0 aromatic heterocycles. The minimum absolute atomic E-state index is 0.0762. The van der Waals surface area contributed by atoms with Crippen LogP contribution in [0.2, 0.25) is 0 Å². The third kappa shape index (κ3) is 63.0. The highest BCUT2D eigenvalue weighted by Gasteiger charge is 2.19. The lowest BCUT2D eigenvalue weighted by Gasteiger charge is -2.18. The van der Waals surface area contributed by atoms with E-state index >= 15 is 0 Å². The first-order chi connectivity index (χ1) is 38.0. The lowest BCUT2D eigenvalue weighted by Crippen LogP contribution is -2.30. The van der Waals surface area contributed by atoms with Crippen LogP contribution < -0.4 is 0 Å². The summed E-state index contributed by atoms with van der Waals surface area (Å²) in [6.07, 6.45) is 87.2. The van der Waals surface area contributed by atoms with E-state index in [0.29, 0.717) is 19.3 Å². The highest BCUT2D eigenvalue weighted by atomic mass is 16.6. The van der Waals surface area contributed by atoms with E-state index < -0.39 is 6.10 Å². The van der Waals surface area contributed by atoms with Gasteiger partial charge < -0.3 is 14.2 Å². The molecule has 0 spiro atoms. The first-order valence-corrected chi connectivity index (χ1v) is 32.7. The average molecular weight is 1070 g/mol. The van der Waals surface area contributed by atoms with E-state index in [1.54, 1.807) is 0 Å². The van der Waals surface area contributed by atoms with Crippen LogP contribution in [0, 0.1) is 0 Å². The monoisotopic (exact) mass is 1070 g/mol. The summed E-state index contributed by atoms with van der Waals surface area (Å²) < 4.78 is 16.9. The van der Waals surface area contributed by atoms with Crippen LogP contribution in [0.15, 0.2) is 97.2 Å². The highest BCUT2D eigenvalue weighted by Crippen LogP contribution is 2.16. The Morgan fingerprint density at radius 3 is 0.831 bits per heavy atom. The maximum Gasteiger partial charge on any atom is 0.306 e. The summed E-state index contributed by atoms with van der Waals surface area (Å²) in [6.45, 7) is 6.51. The zero-order valence-electron chi connectivity index (χ0n) is 50.7. The molecule has 1 unspecified atom stereocenters. The molecular weight excluding hydrogens is 949 g/mol. The van der Waals surface area contributed by atoms with Crippen LogP contribution in [0.5, 0.6) is 0 Å². The second-order valence-electron chi connectivity index (χ2n) is 21.6. The van der Waals surface area contributed by atoms with Gasteiger partial charge in [-0.3, -0.25) is 14.4 Å². The molecule has 0 saturated heterocycles. The Bertz CT molecular complexity index is 1510. The largest absolute Gasteiger partial charge is 0.462 e. The Labute approximate surface area is 477 Å². The highest BCUT2D eigenvalue weighted by molar-refractivity contribution is 5.71. The lowest BCUT2D eigenvalue weighted by molar-refractivity contribution is -0.167. The molecule has 0 aliphatic rings. The van der Waals surface area contributed by atoms with Gasteiger partial charge in [-0.1, -0.05) is 291 Å². The number of carbonyl (C=O) groups excluding carboxylic acids is 3. The van der Waals surface area contributed by atoms with Crippen LogP contribution in [0.1, 0.15) is 316 Å². The number of rotatable bonds is 59. The van der Waals surface area contributed by atoms with E-state index in [2.05, 4.69) is 118 Å². The molecule has 6 heteroatoms. The van der Waals surface area contributed by atoms with Crippen molar-refractivity contribution in [2.75, 3.05) is 13.2 Å². The molecule has 0 bridgehead atoms. The van der Waals surface area contributed by atoms with Crippen molar-refractivity contribution < 1.29 is 28.6 Å². The summed E-state index contributed by atoms with van der Waals surface area (Å²) in [5.74, 6) is -0.877. The molecular formula is C71H122O6. The van der Waals surface area contributed by atoms with Gasteiger partial charge in [0.15, 0.2) is 6.10 Å². The van der Waals surface area contributed by atoms with E-state index in [0.717, 1.165) is 116 Å². The molecule has 1 atom stereocenters. The number of ether oxygens (including phenoxy) is 3. The van der Waals surface area contributed by atoms with Crippen LogP contribution in [-0.4, -0.2) is 37.2 Å². The van der Waals surface area contributed by atoms with Gasteiger partial charge in [0.05, 0.1) is 0 Å². The second-order valence-corrected chi connectivity index (χ2v) is 21.6. The van der Waals surface area contributed by atoms with Crippen molar-refractivity contribution in [2.45, 2.75) is 322 Å². The van der Waals surface area contributed by atoms with Crippen LogP contribution >= 0.6 is 0 Å². The van der Waals surface area contributed by atoms with Crippen molar-refractivity contribution in [2.24, 2.45) is 0 Å². The van der Waals surface area contributed by atoms with E-state index in [1.807, 2.05) is 0 Å². The molecule has 0 aliphatic carbocycles. The van der Waals surface area contributed by atoms with Gasteiger partial charge in [0.25, 0.3) is 0 Å². The zero-order chi connectivity index (χ0) is 55.7. The van der Waals surface area contributed by atoms with Gasteiger partial charge in [0.2, 0.25) is 0 Å². The summed E-state index contributed by atoms with van der Waals surface area (Å²) in [4.78, 5) is 38.2. The Balaban J connectivity index is 4.10. The molecule has 0 amide bonds. The fourth-order valence-electron chi connectivity index (χ4n) is 9.18. The predicted molar refractivity (Wildman–Crippen MR) is 334 cm³/mol. The van der Waals surface area contributed by atoms with Gasteiger partial charge >= 0.3 is 17.9 Å². The van der Waals surface area contributed by atoms with Gasteiger partial charge in [0, 0.05) is 19.3 Å². The number of hydrogen-bond donors (Lipinski definition) is 0. The lowest BCUT2D eigenvalue weighted by atomic mass is 10.0. The number of allylic oxidation sites excluding steroid dienone is 16. The minimum atomic E-state index is -0.778. The summed E-state index contributed by atoms with van der Waals surface area (Å²) >= 11 is 0. The van der Waals surface area contributed by atoms with Crippen molar-refractivity contribution >= 4 is 17.9 Å². The molecule has 0 aliphatic heterocycles. The number of unbranched alkanes of at least 4 members (excludes halogenated alkanes) is 32. The van der Waals surface area contributed by atoms with Gasteiger partial charge in [-0.2, -0.15) is 0 Å². The Morgan fingerprint density at radius 1 is 0.273 bits per heavy atom. The molecule has 0 aromatic carbocycles. The molecule has 0 rings (SSSR count). The van der Waals surface area contributed by atoms with Crippen LogP contribution in [-0.2, 0) is 28.6 Å². The van der Waals surface area contributed by atoms with Gasteiger partial charge in [-0.25, -0.2) is 0 Å². The molecule has 0 aromatic rings. The van der Waals surface area contributed by atoms with E-state index in [1.165, 1.54) is 161 Å². The third-order valence-electron chi connectivity index (χ3n) is 14.1. The van der Waals surface area contributed by atoms with E-state index in [-0.39, 0.29) is 31.1 Å². The molecule has 442 valence electrons. The Hall–Kier alpha value is -3.67. The van der Waals surface area contributed by atoms with Crippen LogP contribution in [0.4, 0.5) is 0 Å². The smallest absolute Gasteiger partial charge is 0.306 e. The van der Waals surface area contributed by atoms with Crippen LogP contribution in [0.3, 0.4) is 0 Å². The summed E-state index contributed by atoms with van der Waals surface area (Å²) in [5.41, 5.74) is 0. The number of esters is 3. The minimum Gasteiger partial charge on any atom is -0.462 e. The summed E-state index contributed by atoms with van der Waals surface area (Å²) in [5, 5.41) is 0. The second kappa shape index (κ2) is 64.9. The van der Waals surface area contributed by atoms with Gasteiger partial charge in [-0.15, -0.1) is 0 Å². The number of carbonyl (C=O) groups is 3. The molecule has 0 fully saturated rings. The predicted octanol–water partition coefficient (Wildman–Crippen LogP) is 22.4. The normalized spacial score (nSPS) is 12.7. The first-order valence-electron chi connectivity index (χ1n) is 32.7. The quantitative estimate of drug-likeness (QED) is 0.0261. The molecule has 0 radical (unpaired) electrons. The maximum atomic E-state index is 12.8. The van der Waals surface area contributed by atoms with Crippen molar-refractivity contribution in [1.29, 1.82) is 0 Å². The molecule has 0 N–H and O–H groups in total. The van der Waals surface area contributed by atoms with E-state index in [9.17, 15) is 14.4 Å². The van der Waals surface area contributed by atoms with Crippen molar-refractivity contribution in [3.63, 3.8) is 0 Å². The average Bonchev–Trinajstić information content (AvgIpc) is 3.43. The Kier molecular flexibility index (Phi) is 61.8. The van der Waals surface area contributed by atoms with Gasteiger partial charge in [-0.05, 0) is 103 Å². The first kappa shape index (κ1) is 73.3. The maximum absolute atomic E-state index is 12.8. The molecule has 0 saturated carbocycles. The Morgan fingerprint density at radius 2 is 0.506 bits per heavy atom. The fourth-order valence-corrected chi connectivity index (χ4v) is 9.18. The van der Waals surface area contributed by atoms with Crippen molar-refractivity contribution in [3.05, 3.63) is 97.2 Å². The van der Waals surface area contributed by atoms with Crippen molar-refractivity contribution in [1.82, 2.24) is 0 Å². The standard InChI is InChI=1S/C71H122O6/c1-4-7-10-13-16-19-22-25-26-27-28-29-30-31-32-33-34-35-36-37-38-39-40-41-42-43-44-45-46-47-50-52-55-58-61-64-70(73)76-67-68(77-71(74)65-62-59-56-53-49-24-21-18-15-12-9-6-3)66-75-69(72)63-60-57-54-51-48-23-20-17-14-11-8-5-2/h7,10,16,18-19,21,25-26,28-29,31-32,34-35,37-38,68H,4-6,8-9,11-15,17,20,22-24,27,30,33,36,39-67H2,1-3H3/b10-7-,19-16-,21-18-,26-25-,29-28-,32-31-,35-34-,38-37-. The molecule has 77 heavy (non-hydrogen) atoms. The van der Waals surface area contributed by atoms with Gasteiger partial charge in [0.1, 0.15) is 13.2 Å². The third-order valence-corrected chi connectivity index (χ3v) is 14.1. The zero-order valence-corrected chi connectivity index (χ0v) is 50.7. The summed E-state index contributed by atoms with van der Waals surface area (Å²) in [6, 6.07) is 0. The van der Waals surface area contributed by atoms with E-state index in [4.69, 9.17) is 14.2 Å². The van der Waals surface area contributed by atoms with Crippen LogP contribution in [0.25, 0.3) is 0 Å². The van der Waals surface area contributed by atoms with Crippen molar-refractivity contribution in [3.8, 4) is 0 Å². The summed E-state index contributed by atoms with van der Waals surface area (Å²) in [7, 11) is 0. The molecule has 6 nitrogen and oxygen atoms in total. The number of hydrogen-bond acceptors (Lipinski definition) is 6. The SMILES string of the molecule is CC/C=C\C/C=C\C/C=C\C/C=C\C/C=C\C/C=C\C/C=C\CCCCCCCCCCCCCCCC(=O)OCC(COC(=O)CCCCCCCCCCCCCC)OC(=O)CCCCCCC/C=C\CCCCC. The molecule has 0 heterocycles.